The lowest BCUT2D eigenvalue weighted by Crippen LogP contribution is -2.49. The van der Waals surface area contributed by atoms with Gasteiger partial charge in [0.05, 0.1) is 10.3 Å². The zero-order chi connectivity index (χ0) is 17.7. The van der Waals surface area contributed by atoms with Crippen molar-refractivity contribution in [2.24, 2.45) is 11.7 Å². The van der Waals surface area contributed by atoms with E-state index in [1.165, 1.54) is 11.3 Å². The molecular formula is C18H25ClN4O2S. The maximum absolute atomic E-state index is 13.2. The van der Waals surface area contributed by atoms with Gasteiger partial charge < -0.3 is 10.6 Å². The van der Waals surface area contributed by atoms with Crippen molar-refractivity contribution >= 4 is 39.9 Å². The second-order valence-corrected chi connectivity index (χ2v) is 8.34. The minimum atomic E-state index is 0. The lowest BCUT2D eigenvalue weighted by Gasteiger charge is -2.37. The van der Waals surface area contributed by atoms with E-state index >= 15 is 0 Å². The quantitative estimate of drug-likeness (QED) is 0.844. The van der Waals surface area contributed by atoms with Crippen LogP contribution in [0, 0.1) is 12.8 Å². The first-order valence-electron chi connectivity index (χ1n) is 9.05. The van der Waals surface area contributed by atoms with Crippen molar-refractivity contribution in [3.63, 3.8) is 0 Å². The number of nitrogens with two attached hydrogens (primary N) is 1. The number of fused-ring (bicyclic) bond motifs is 2. The molecule has 1 amide bonds. The van der Waals surface area contributed by atoms with Gasteiger partial charge in [-0.2, -0.15) is 0 Å². The Morgan fingerprint density at radius 3 is 2.88 bits per heavy atom. The molecule has 1 saturated heterocycles. The first kappa shape index (κ1) is 19.3. The Balaban J connectivity index is 0.00000196. The summed E-state index contributed by atoms with van der Waals surface area (Å²) in [5.41, 5.74) is 6.70. The number of piperidine rings is 1. The SMILES string of the molecule is Cc1c(C(=O)N2CCC(C)CC2CN)sc2nc3n(c(=O)c12)CCC3.Cl. The largest absolute Gasteiger partial charge is 0.334 e. The molecular weight excluding hydrogens is 372 g/mol. The first-order valence-corrected chi connectivity index (χ1v) is 9.86. The molecule has 0 saturated carbocycles. The lowest BCUT2D eigenvalue weighted by molar-refractivity contribution is 0.0578. The van der Waals surface area contributed by atoms with E-state index in [1.54, 1.807) is 4.57 Å². The molecule has 2 aromatic heterocycles. The van der Waals surface area contributed by atoms with Crippen LogP contribution in [-0.4, -0.2) is 39.5 Å². The molecule has 1 fully saturated rings. The summed E-state index contributed by atoms with van der Waals surface area (Å²) in [6.45, 7) is 6.03. The molecule has 2 aliphatic heterocycles. The normalized spacial score (nSPS) is 22.3. The molecule has 0 bridgehead atoms. The van der Waals surface area contributed by atoms with Crippen LogP contribution in [0.25, 0.3) is 10.2 Å². The lowest BCUT2D eigenvalue weighted by atomic mass is 9.92. The molecule has 2 N–H and O–H groups in total. The van der Waals surface area contributed by atoms with Gasteiger partial charge in [-0.3, -0.25) is 14.2 Å². The summed E-state index contributed by atoms with van der Waals surface area (Å²) in [5.74, 6) is 1.45. The standard InChI is InChI=1S/C18H24N4O2S.ClH/c1-10-5-7-21(12(8-10)9-19)18(24)15-11(2)14-16(25-15)20-13-4-3-6-22(13)17(14)23;/h10,12H,3-9,19H2,1-2H3;1H. The van der Waals surface area contributed by atoms with Crippen LogP contribution in [0.5, 0.6) is 0 Å². The summed E-state index contributed by atoms with van der Waals surface area (Å²) in [6, 6.07) is 0.0833. The Morgan fingerprint density at radius 1 is 1.38 bits per heavy atom. The van der Waals surface area contributed by atoms with Gasteiger partial charge in [-0.25, -0.2) is 4.98 Å². The molecule has 2 atom stereocenters. The van der Waals surface area contributed by atoms with Crippen molar-refractivity contribution in [3.8, 4) is 0 Å². The number of hydrogen-bond acceptors (Lipinski definition) is 5. The van der Waals surface area contributed by atoms with Crippen molar-refractivity contribution in [3.05, 3.63) is 26.6 Å². The third kappa shape index (κ3) is 2.96. The predicted molar refractivity (Wildman–Crippen MR) is 106 cm³/mol. The molecule has 4 rings (SSSR count). The minimum Gasteiger partial charge on any atom is -0.334 e. The zero-order valence-electron chi connectivity index (χ0n) is 15.2. The zero-order valence-corrected chi connectivity index (χ0v) is 16.8. The molecule has 2 aromatic rings. The third-order valence-corrected chi connectivity index (χ3v) is 6.79. The fraction of sp³-hybridized carbons (Fsp3) is 0.611. The van der Waals surface area contributed by atoms with Gasteiger partial charge in [0.25, 0.3) is 11.5 Å². The van der Waals surface area contributed by atoms with E-state index in [9.17, 15) is 9.59 Å². The number of aryl methyl sites for hydroxylation is 2. The van der Waals surface area contributed by atoms with Gasteiger partial charge >= 0.3 is 0 Å². The number of thiophene rings is 1. The molecule has 8 heteroatoms. The van der Waals surface area contributed by atoms with Crippen LogP contribution in [0.4, 0.5) is 0 Å². The van der Waals surface area contributed by atoms with E-state index in [4.69, 9.17) is 5.73 Å². The van der Waals surface area contributed by atoms with Gasteiger partial charge in [-0.1, -0.05) is 6.92 Å². The summed E-state index contributed by atoms with van der Waals surface area (Å²) in [4.78, 5) is 33.9. The monoisotopic (exact) mass is 396 g/mol. The number of halogens is 1. The van der Waals surface area contributed by atoms with Gasteiger partial charge in [-0.05, 0) is 37.7 Å². The summed E-state index contributed by atoms with van der Waals surface area (Å²) in [7, 11) is 0. The van der Waals surface area contributed by atoms with Crippen LogP contribution in [0.15, 0.2) is 4.79 Å². The van der Waals surface area contributed by atoms with Crippen LogP contribution in [0.2, 0.25) is 0 Å². The second kappa shape index (κ2) is 7.29. The highest BCUT2D eigenvalue weighted by Crippen LogP contribution is 2.32. The Labute approximate surface area is 162 Å². The topological polar surface area (TPSA) is 81.2 Å². The van der Waals surface area contributed by atoms with E-state index in [2.05, 4.69) is 11.9 Å². The molecule has 2 unspecified atom stereocenters. The van der Waals surface area contributed by atoms with Gasteiger partial charge in [0.1, 0.15) is 10.7 Å². The first-order chi connectivity index (χ1) is 12.0. The van der Waals surface area contributed by atoms with Crippen molar-refractivity contribution < 1.29 is 4.79 Å². The predicted octanol–water partition coefficient (Wildman–Crippen LogP) is 2.33. The van der Waals surface area contributed by atoms with Crippen LogP contribution in [0.1, 0.15) is 47.2 Å². The maximum Gasteiger partial charge on any atom is 0.264 e. The third-order valence-electron chi connectivity index (χ3n) is 5.62. The number of aromatic nitrogens is 2. The van der Waals surface area contributed by atoms with Gasteiger partial charge in [0.15, 0.2) is 0 Å². The van der Waals surface area contributed by atoms with Crippen LogP contribution < -0.4 is 11.3 Å². The van der Waals surface area contributed by atoms with Crippen LogP contribution >= 0.6 is 23.7 Å². The Kier molecular flexibility index (Phi) is 5.42. The van der Waals surface area contributed by atoms with Gasteiger partial charge in [-0.15, -0.1) is 23.7 Å². The molecule has 0 radical (unpaired) electrons. The van der Waals surface area contributed by atoms with Gasteiger partial charge in [0, 0.05) is 32.1 Å². The molecule has 2 aliphatic rings. The molecule has 0 aromatic carbocycles. The molecule has 142 valence electrons. The fourth-order valence-electron chi connectivity index (χ4n) is 4.15. The minimum absolute atomic E-state index is 0. The maximum atomic E-state index is 13.2. The summed E-state index contributed by atoms with van der Waals surface area (Å²) in [5, 5.41) is 0.619. The number of likely N-dealkylation sites (tertiary alicyclic amines) is 1. The van der Waals surface area contributed by atoms with Crippen molar-refractivity contribution in [2.45, 2.75) is 52.1 Å². The summed E-state index contributed by atoms with van der Waals surface area (Å²) >= 11 is 1.36. The summed E-state index contributed by atoms with van der Waals surface area (Å²) in [6.07, 6.45) is 3.75. The van der Waals surface area contributed by atoms with Crippen molar-refractivity contribution in [1.29, 1.82) is 0 Å². The Morgan fingerprint density at radius 2 is 2.15 bits per heavy atom. The summed E-state index contributed by atoms with van der Waals surface area (Å²) < 4.78 is 1.77. The number of nitrogens with zero attached hydrogens (tertiary/aromatic N) is 3. The highest BCUT2D eigenvalue weighted by Gasteiger charge is 2.32. The molecule has 0 spiro atoms. The smallest absolute Gasteiger partial charge is 0.264 e. The fourth-order valence-corrected chi connectivity index (χ4v) is 5.30. The number of amides is 1. The van der Waals surface area contributed by atoms with Crippen molar-refractivity contribution in [1.82, 2.24) is 14.5 Å². The van der Waals surface area contributed by atoms with E-state index in [0.717, 1.165) is 50.2 Å². The highest BCUT2D eigenvalue weighted by molar-refractivity contribution is 7.20. The van der Waals surface area contributed by atoms with E-state index < -0.39 is 0 Å². The Hall–Kier alpha value is -1.44. The highest BCUT2D eigenvalue weighted by atomic mass is 35.5. The second-order valence-electron chi connectivity index (χ2n) is 7.34. The van der Waals surface area contributed by atoms with E-state index in [0.29, 0.717) is 27.6 Å². The van der Waals surface area contributed by atoms with Gasteiger partial charge in [0.2, 0.25) is 0 Å². The van der Waals surface area contributed by atoms with Crippen molar-refractivity contribution in [2.75, 3.05) is 13.1 Å². The number of hydrogen-bond donors (Lipinski definition) is 1. The van der Waals surface area contributed by atoms with E-state index in [-0.39, 0.29) is 29.9 Å². The average molecular weight is 397 g/mol. The Bertz CT molecular complexity index is 907. The molecule has 6 nitrogen and oxygen atoms in total. The number of carbonyl (C=O) groups is 1. The van der Waals surface area contributed by atoms with Crippen LogP contribution in [-0.2, 0) is 13.0 Å². The number of carbonyl (C=O) groups excluding carboxylic acids is 1. The molecule has 4 heterocycles. The molecule has 26 heavy (non-hydrogen) atoms. The average Bonchev–Trinajstić information content (AvgIpc) is 3.19. The van der Waals surface area contributed by atoms with E-state index in [1.807, 2.05) is 11.8 Å². The molecule has 0 aliphatic carbocycles. The van der Waals surface area contributed by atoms with Crippen LogP contribution in [0.3, 0.4) is 0 Å². The number of rotatable bonds is 2.